The van der Waals surface area contributed by atoms with E-state index >= 15 is 0 Å². The van der Waals surface area contributed by atoms with Crippen LogP contribution in [-0.4, -0.2) is 47.7 Å². The van der Waals surface area contributed by atoms with Crippen LogP contribution in [0.15, 0.2) is 16.8 Å². The van der Waals surface area contributed by atoms with Gasteiger partial charge in [0.15, 0.2) is 0 Å². The highest BCUT2D eigenvalue weighted by Gasteiger charge is 2.45. The molecule has 2 heterocycles. The van der Waals surface area contributed by atoms with Crippen molar-refractivity contribution in [2.24, 2.45) is 5.73 Å². The van der Waals surface area contributed by atoms with Crippen LogP contribution < -0.4 is 5.73 Å². The van der Waals surface area contributed by atoms with Crippen molar-refractivity contribution in [1.82, 2.24) is 10.1 Å². The predicted octanol–water partition coefficient (Wildman–Crippen LogP) is 0.171. The van der Waals surface area contributed by atoms with Crippen LogP contribution >= 0.6 is 0 Å². The number of carbonyl (C=O) groups is 2. The molecule has 1 unspecified atom stereocenters. The van der Waals surface area contributed by atoms with Crippen LogP contribution in [0.2, 0.25) is 0 Å². The quantitative estimate of drug-likeness (QED) is 0.820. The van der Waals surface area contributed by atoms with E-state index in [0.29, 0.717) is 13.0 Å². The van der Waals surface area contributed by atoms with Crippen LogP contribution in [0.25, 0.3) is 0 Å². The summed E-state index contributed by atoms with van der Waals surface area (Å²) in [6.45, 7) is 0.825. The molecule has 2 N–H and O–H groups in total. The number of hydrogen-bond acceptors (Lipinski definition) is 5. The molecule has 0 aliphatic carbocycles. The summed E-state index contributed by atoms with van der Waals surface area (Å²) in [6, 6.07) is 1.50. The number of ether oxygens (including phenoxy) is 1. The number of primary amides is 1. The Hall–Kier alpha value is -1.89. The summed E-state index contributed by atoms with van der Waals surface area (Å²) in [5.41, 5.74) is 4.62. The Kier molecular flexibility index (Phi) is 3.84. The average Bonchev–Trinajstić information content (AvgIpc) is 2.97. The maximum Gasteiger partial charge on any atom is 0.293 e. The van der Waals surface area contributed by atoms with Gasteiger partial charge in [-0.15, -0.1) is 0 Å². The molecule has 1 aromatic heterocycles. The third kappa shape index (κ3) is 2.60. The van der Waals surface area contributed by atoms with Gasteiger partial charge in [-0.25, -0.2) is 0 Å². The smallest absolute Gasteiger partial charge is 0.293 e. The maximum atomic E-state index is 12.4. The summed E-state index contributed by atoms with van der Waals surface area (Å²) in [6.07, 6.45) is 2.98. The van der Waals surface area contributed by atoms with E-state index in [2.05, 4.69) is 5.16 Å². The molecule has 0 radical (unpaired) electrons. The van der Waals surface area contributed by atoms with Crippen molar-refractivity contribution in [2.45, 2.75) is 24.8 Å². The molecule has 0 aromatic carbocycles. The number of methoxy groups -OCH3 is 1. The number of carbonyl (C=O) groups excluding carboxylic acids is 2. The number of likely N-dealkylation sites (tertiary alicyclic amines) is 1. The van der Waals surface area contributed by atoms with Gasteiger partial charge in [-0.1, -0.05) is 5.16 Å². The van der Waals surface area contributed by atoms with Crippen LogP contribution in [0.5, 0.6) is 0 Å². The molecule has 104 valence electrons. The van der Waals surface area contributed by atoms with Crippen molar-refractivity contribution < 1.29 is 18.8 Å². The van der Waals surface area contributed by atoms with E-state index in [1.807, 2.05) is 0 Å². The molecule has 1 aliphatic heterocycles. The van der Waals surface area contributed by atoms with E-state index in [1.54, 1.807) is 4.90 Å². The van der Waals surface area contributed by atoms with Crippen LogP contribution in [0.4, 0.5) is 0 Å². The highest BCUT2D eigenvalue weighted by atomic mass is 16.5. The van der Waals surface area contributed by atoms with E-state index in [0.717, 1.165) is 6.42 Å². The minimum absolute atomic E-state index is 0.0840. The first-order chi connectivity index (χ1) is 9.09. The second-order valence-electron chi connectivity index (χ2n) is 4.74. The lowest BCUT2D eigenvalue weighted by atomic mass is 9.92. The largest absolute Gasteiger partial charge is 0.382 e. The van der Waals surface area contributed by atoms with Crippen molar-refractivity contribution in [3.05, 3.63) is 18.0 Å². The number of nitrogens with zero attached hydrogens (tertiary/aromatic N) is 2. The Bertz CT molecular complexity index is 460. The van der Waals surface area contributed by atoms with Crippen LogP contribution in [0.3, 0.4) is 0 Å². The second kappa shape index (κ2) is 5.40. The lowest BCUT2D eigenvalue weighted by Crippen LogP contribution is -2.52. The molecule has 1 fully saturated rings. The van der Waals surface area contributed by atoms with E-state index in [1.165, 1.54) is 19.4 Å². The standard InChI is InChI=1S/C12H17N3O4/c1-18-8-12(7-10(13)16)4-2-6-15(12)11(17)9-3-5-14-19-9/h3,5H,2,4,6-8H2,1H3,(H2,13,16). The zero-order valence-corrected chi connectivity index (χ0v) is 10.8. The summed E-state index contributed by atoms with van der Waals surface area (Å²) >= 11 is 0. The van der Waals surface area contributed by atoms with Gasteiger partial charge in [0.1, 0.15) is 0 Å². The third-order valence-electron chi connectivity index (χ3n) is 3.41. The molecule has 7 nitrogen and oxygen atoms in total. The lowest BCUT2D eigenvalue weighted by Gasteiger charge is -2.36. The first kappa shape index (κ1) is 13.5. The normalized spacial score (nSPS) is 22.7. The second-order valence-corrected chi connectivity index (χ2v) is 4.74. The zero-order valence-electron chi connectivity index (χ0n) is 10.8. The molecule has 0 spiro atoms. The topological polar surface area (TPSA) is 98.7 Å². The first-order valence-electron chi connectivity index (χ1n) is 6.09. The average molecular weight is 267 g/mol. The molecule has 19 heavy (non-hydrogen) atoms. The van der Waals surface area contributed by atoms with Gasteiger partial charge in [-0.2, -0.15) is 0 Å². The summed E-state index contributed by atoms with van der Waals surface area (Å²) in [7, 11) is 1.54. The van der Waals surface area contributed by atoms with Crippen molar-refractivity contribution in [3.63, 3.8) is 0 Å². The minimum Gasteiger partial charge on any atom is -0.382 e. The van der Waals surface area contributed by atoms with Crippen molar-refractivity contribution in [1.29, 1.82) is 0 Å². The number of nitrogens with two attached hydrogens (primary N) is 1. The van der Waals surface area contributed by atoms with Gasteiger partial charge in [0.2, 0.25) is 11.7 Å². The fourth-order valence-electron chi connectivity index (χ4n) is 2.69. The van der Waals surface area contributed by atoms with E-state index in [-0.39, 0.29) is 24.7 Å². The molecular formula is C12H17N3O4. The molecular weight excluding hydrogens is 250 g/mol. The van der Waals surface area contributed by atoms with Gasteiger partial charge in [-0.05, 0) is 12.8 Å². The van der Waals surface area contributed by atoms with Crippen LogP contribution in [-0.2, 0) is 9.53 Å². The molecule has 1 aromatic rings. The fourth-order valence-corrected chi connectivity index (χ4v) is 2.69. The van der Waals surface area contributed by atoms with Crippen molar-refractivity contribution >= 4 is 11.8 Å². The van der Waals surface area contributed by atoms with Gasteiger partial charge < -0.3 is 19.9 Å². The van der Waals surface area contributed by atoms with Crippen molar-refractivity contribution in [2.75, 3.05) is 20.3 Å². The Morgan fingerprint density at radius 2 is 2.42 bits per heavy atom. The highest BCUT2D eigenvalue weighted by molar-refractivity contribution is 5.92. The fraction of sp³-hybridized carbons (Fsp3) is 0.583. The van der Waals surface area contributed by atoms with Crippen LogP contribution in [0.1, 0.15) is 29.8 Å². The summed E-state index contributed by atoms with van der Waals surface area (Å²) < 4.78 is 10.1. The Balaban J connectivity index is 2.26. The van der Waals surface area contributed by atoms with Gasteiger partial charge in [0, 0.05) is 19.7 Å². The SMILES string of the molecule is COCC1(CC(N)=O)CCCN1C(=O)c1ccno1. The number of hydrogen-bond donors (Lipinski definition) is 1. The summed E-state index contributed by atoms with van der Waals surface area (Å²) in [4.78, 5) is 25.3. The first-order valence-corrected chi connectivity index (χ1v) is 6.09. The molecule has 0 bridgehead atoms. The lowest BCUT2D eigenvalue weighted by molar-refractivity contribution is -0.121. The van der Waals surface area contributed by atoms with Gasteiger partial charge in [0.05, 0.1) is 24.8 Å². The molecule has 1 atom stereocenters. The number of amides is 2. The predicted molar refractivity (Wildman–Crippen MR) is 65.2 cm³/mol. The van der Waals surface area contributed by atoms with Crippen molar-refractivity contribution in [3.8, 4) is 0 Å². The van der Waals surface area contributed by atoms with Crippen LogP contribution in [0, 0.1) is 0 Å². The number of rotatable bonds is 5. The zero-order chi connectivity index (χ0) is 13.9. The van der Waals surface area contributed by atoms with Gasteiger partial charge in [-0.3, -0.25) is 9.59 Å². The van der Waals surface area contributed by atoms with E-state index in [9.17, 15) is 9.59 Å². The third-order valence-corrected chi connectivity index (χ3v) is 3.41. The maximum absolute atomic E-state index is 12.4. The Labute approximate surface area is 110 Å². The van der Waals surface area contributed by atoms with E-state index < -0.39 is 11.4 Å². The van der Waals surface area contributed by atoms with Gasteiger partial charge >= 0.3 is 0 Å². The Morgan fingerprint density at radius 3 is 3.00 bits per heavy atom. The van der Waals surface area contributed by atoms with E-state index in [4.69, 9.17) is 15.0 Å². The van der Waals surface area contributed by atoms with Gasteiger partial charge in [0.25, 0.3) is 5.91 Å². The number of aromatic nitrogens is 1. The molecule has 2 rings (SSSR count). The molecule has 2 amide bonds. The highest BCUT2D eigenvalue weighted by Crippen LogP contribution is 2.34. The summed E-state index contributed by atoms with van der Waals surface area (Å²) in [5, 5.41) is 3.52. The monoisotopic (exact) mass is 267 g/mol. The molecule has 0 saturated carbocycles. The molecule has 1 saturated heterocycles. The minimum atomic E-state index is -0.676. The summed E-state index contributed by atoms with van der Waals surface area (Å²) in [5.74, 6) is -0.575. The molecule has 1 aliphatic rings. The Morgan fingerprint density at radius 1 is 1.63 bits per heavy atom. The molecule has 7 heteroatoms.